The van der Waals surface area contributed by atoms with Crippen molar-refractivity contribution < 1.29 is 8.42 Å². The van der Waals surface area contributed by atoms with Gasteiger partial charge < -0.3 is 5.32 Å². The van der Waals surface area contributed by atoms with Crippen LogP contribution in [0.15, 0.2) is 29.2 Å². The number of rotatable bonds is 3. The van der Waals surface area contributed by atoms with Gasteiger partial charge in [0.15, 0.2) is 0 Å². The van der Waals surface area contributed by atoms with Crippen molar-refractivity contribution >= 4 is 10.0 Å². The van der Waals surface area contributed by atoms with E-state index in [1.807, 2.05) is 6.07 Å². The minimum atomic E-state index is -3.35. The van der Waals surface area contributed by atoms with Crippen LogP contribution in [-0.4, -0.2) is 22.0 Å². The van der Waals surface area contributed by atoms with Crippen molar-refractivity contribution in [2.24, 2.45) is 5.92 Å². The molecule has 18 heavy (non-hydrogen) atoms. The van der Waals surface area contributed by atoms with Crippen molar-refractivity contribution in [2.45, 2.75) is 30.7 Å². The van der Waals surface area contributed by atoms with E-state index in [-0.39, 0.29) is 6.04 Å². The van der Waals surface area contributed by atoms with E-state index in [9.17, 15) is 8.42 Å². The summed E-state index contributed by atoms with van der Waals surface area (Å²) >= 11 is 0. The first kappa shape index (κ1) is 13.5. The largest absolute Gasteiger partial charge is 0.310 e. The maximum absolute atomic E-state index is 11.8. The van der Waals surface area contributed by atoms with Gasteiger partial charge in [0.1, 0.15) is 0 Å². The summed E-state index contributed by atoms with van der Waals surface area (Å²) in [5.74, 6) is 0.700. The van der Waals surface area contributed by atoms with Crippen molar-refractivity contribution in [2.75, 3.05) is 13.6 Å². The van der Waals surface area contributed by atoms with E-state index in [1.54, 1.807) is 18.2 Å². The van der Waals surface area contributed by atoms with Gasteiger partial charge in [-0.25, -0.2) is 13.1 Å². The lowest BCUT2D eigenvalue weighted by atomic mass is 9.92. The fourth-order valence-electron chi connectivity index (χ4n) is 2.30. The topological polar surface area (TPSA) is 58.2 Å². The van der Waals surface area contributed by atoms with Crippen molar-refractivity contribution in [1.82, 2.24) is 10.0 Å². The lowest BCUT2D eigenvalue weighted by molar-refractivity contribution is 0.332. The molecule has 0 unspecified atom stereocenters. The second-order valence-corrected chi connectivity index (χ2v) is 6.81. The molecular formula is C13H20N2O2S. The van der Waals surface area contributed by atoms with E-state index in [0.717, 1.165) is 18.5 Å². The molecule has 0 radical (unpaired) electrons. The predicted octanol–water partition coefficient (Wildman–Crippen LogP) is 1.66. The number of hydrogen-bond donors (Lipinski definition) is 2. The van der Waals surface area contributed by atoms with Crippen LogP contribution in [0, 0.1) is 5.92 Å². The number of nitrogens with one attached hydrogen (secondary N) is 2. The van der Waals surface area contributed by atoms with Gasteiger partial charge in [-0.3, -0.25) is 0 Å². The fourth-order valence-corrected chi connectivity index (χ4v) is 3.08. The Balaban J connectivity index is 2.23. The maximum atomic E-state index is 11.8. The van der Waals surface area contributed by atoms with Gasteiger partial charge in [0.25, 0.3) is 0 Å². The molecule has 5 heteroatoms. The Morgan fingerprint density at radius 1 is 1.33 bits per heavy atom. The molecule has 0 aliphatic carbocycles. The Kier molecular flexibility index (Phi) is 4.04. The number of piperidine rings is 1. The van der Waals surface area contributed by atoms with Crippen molar-refractivity contribution in [3.8, 4) is 0 Å². The first-order valence-electron chi connectivity index (χ1n) is 6.30. The zero-order valence-corrected chi connectivity index (χ0v) is 11.6. The summed E-state index contributed by atoms with van der Waals surface area (Å²) in [6.45, 7) is 3.22. The van der Waals surface area contributed by atoms with Crippen LogP contribution in [0.3, 0.4) is 0 Å². The zero-order valence-electron chi connectivity index (χ0n) is 10.8. The van der Waals surface area contributed by atoms with E-state index in [1.165, 1.54) is 13.5 Å². The van der Waals surface area contributed by atoms with Gasteiger partial charge in [-0.2, -0.15) is 0 Å². The molecule has 2 N–H and O–H groups in total. The van der Waals surface area contributed by atoms with Gasteiger partial charge in [-0.15, -0.1) is 0 Å². The SMILES string of the molecule is CNS(=O)(=O)c1cccc([C@@H]2CC[C@@H](C)CN2)c1. The van der Waals surface area contributed by atoms with Crippen molar-refractivity contribution in [3.63, 3.8) is 0 Å². The molecule has 100 valence electrons. The second-order valence-electron chi connectivity index (χ2n) is 4.92. The summed E-state index contributed by atoms with van der Waals surface area (Å²) in [4.78, 5) is 0.336. The third kappa shape index (κ3) is 2.91. The van der Waals surface area contributed by atoms with Crippen LogP contribution in [0.2, 0.25) is 0 Å². The molecule has 1 heterocycles. The van der Waals surface area contributed by atoms with Gasteiger partial charge >= 0.3 is 0 Å². The summed E-state index contributed by atoms with van der Waals surface area (Å²) in [7, 11) is -1.91. The minimum Gasteiger partial charge on any atom is -0.310 e. The number of hydrogen-bond acceptors (Lipinski definition) is 3. The van der Waals surface area contributed by atoms with E-state index in [2.05, 4.69) is 17.0 Å². The van der Waals surface area contributed by atoms with Gasteiger partial charge in [0.2, 0.25) is 10.0 Å². The first-order chi connectivity index (χ1) is 8.53. The van der Waals surface area contributed by atoms with Crippen LogP contribution in [-0.2, 0) is 10.0 Å². The molecule has 2 atom stereocenters. The molecule has 1 fully saturated rings. The third-order valence-electron chi connectivity index (χ3n) is 3.50. The highest BCUT2D eigenvalue weighted by molar-refractivity contribution is 7.89. The Morgan fingerprint density at radius 3 is 2.72 bits per heavy atom. The molecule has 2 rings (SSSR count). The van der Waals surface area contributed by atoms with Gasteiger partial charge in [-0.1, -0.05) is 19.1 Å². The average Bonchev–Trinajstić information content (AvgIpc) is 2.40. The van der Waals surface area contributed by atoms with Crippen molar-refractivity contribution in [3.05, 3.63) is 29.8 Å². The Hall–Kier alpha value is -0.910. The van der Waals surface area contributed by atoms with E-state index in [0.29, 0.717) is 10.8 Å². The Labute approximate surface area is 109 Å². The normalized spacial score (nSPS) is 25.0. The number of benzene rings is 1. The summed E-state index contributed by atoms with van der Waals surface area (Å²) < 4.78 is 25.9. The van der Waals surface area contributed by atoms with Crippen LogP contribution in [0.1, 0.15) is 31.4 Å². The van der Waals surface area contributed by atoms with Crippen LogP contribution < -0.4 is 10.0 Å². The summed E-state index contributed by atoms with van der Waals surface area (Å²) in [5, 5.41) is 3.47. The van der Waals surface area contributed by atoms with E-state index < -0.39 is 10.0 Å². The lowest BCUT2D eigenvalue weighted by Gasteiger charge is -2.28. The minimum absolute atomic E-state index is 0.271. The Bertz CT molecular complexity index is 505. The molecule has 1 aliphatic heterocycles. The smallest absolute Gasteiger partial charge is 0.240 e. The highest BCUT2D eigenvalue weighted by Crippen LogP contribution is 2.26. The number of sulfonamides is 1. The predicted molar refractivity (Wildman–Crippen MR) is 71.8 cm³/mol. The first-order valence-corrected chi connectivity index (χ1v) is 7.78. The van der Waals surface area contributed by atoms with Gasteiger partial charge in [0.05, 0.1) is 4.90 Å². The van der Waals surface area contributed by atoms with E-state index >= 15 is 0 Å². The maximum Gasteiger partial charge on any atom is 0.240 e. The molecule has 0 aromatic heterocycles. The molecule has 1 saturated heterocycles. The van der Waals surface area contributed by atoms with Crippen LogP contribution in [0.25, 0.3) is 0 Å². The van der Waals surface area contributed by atoms with Crippen LogP contribution >= 0.6 is 0 Å². The monoisotopic (exact) mass is 268 g/mol. The zero-order chi connectivity index (χ0) is 13.2. The lowest BCUT2D eigenvalue weighted by Crippen LogP contribution is -2.32. The quantitative estimate of drug-likeness (QED) is 0.876. The molecule has 1 aromatic carbocycles. The molecular weight excluding hydrogens is 248 g/mol. The molecule has 1 aliphatic rings. The summed E-state index contributed by atoms with van der Waals surface area (Å²) in [6, 6.07) is 7.45. The van der Waals surface area contributed by atoms with E-state index in [4.69, 9.17) is 0 Å². The summed E-state index contributed by atoms with van der Waals surface area (Å²) in [6.07, 6.45) is 2.24. The third-order valence-corrected chi connectivity index (χ3v) is 4.91. The molecule has 0 bridgehead atoms. The van der Waals surface area contributed by atoms with Crippen LogP contribution in [0.5, 0.6) is 0 Å². The average molecular weight is 268 g/mol. The summed E-state index contributed by atoms with van der Waals surface area (Å²) in [5.41, 5.74) is 1.05. The van der Waals surface area contributed by atoms with Crippen molar-refractivity contribution in [1.29, 1.82) is 0 Å². The molecule has 1 aromatic rings. The molecule has 0 spiro atoms. The standard InChI is InChI=1S/C13H20N2O2S/c1-10-6-7-13(15-9-10)11-4-3-5-12(8-11)18(16,17)14-2/h3-5,8,10,13-15H,6-7,9H2,1-2H3/t10-,13+/m1/s1. The Morgan fingerprint density at radius 2 is 2.11 bits per heavy atom. The highest BCUT2D eigenvalue weighted by Gasteiger charge is 2.20. The fraction of sp³-hybridized carbons (Fsp3) is 0.538. The molecule has 0 saturated carbocycles. The second kappa shape index (κ2) is 5.38. The van der Waals surface area contributed by atoms with Crippen LogP contribution in [0.4, 0.5) is 0 Å². The molecule has 0 amide bonds. The van der Waals surface area contributed by atoms with Gasteiger partial charge in [-0.05, 0) is 50.0 Å². The molecule has 4 nitrogen and oxygen atoms in total. The highest BCUT2D eigenvalue weighted by atomic mass is 32.2. The van der Waals surface area contributed by atoms with Gasteiger partial charge in [0, 0.05) is 6.04 Å².